The molecule has 0 spiro atoms. The van der Waals surface area contributed by atoms with Crippen LogP contribution in [0.1, 0.15) is 31.0 Å². The molecule has 2 aromatic carbocycles. The van der Waals surface area contributed by atoms with Crippen molar-refractivity contribution in [3.8, 4) is 23.1 Å². The third kappa shape index (κ3) is 5.51. The van der Waals surface area contributed by atoms with Crippen LogP contribution in [0.3, 0.4) is 0 Å². The van der Waals surface area contributed by atoms with Crippen LogP contribution in [0.2, 0.25) is 0 Å². The van der Waals surface area contributed by atoms with Crippen molar-refractivity contribution < 1.29 is 19.0 Å². The van der Waals surface area contributed by atoms with E-state index >= 15 is 0 Å². The SMILES string of the molecule is CCNC(=O)N(Cc1c(C)nn(-c2ccccc2)c1Oc1ccc(OC)cc1)C[C@@H]1CCCO1. The number of methoxy groups -OCH3 is 1. The minimum Gasteiger partial charge on any atom is -0.497 e. The Balaban J connectivity index is 1.70. The van der Waals surface area contributed by atoms with Crippen molar-refractivity contribution in [1.82, 2.24) is 20.0 Å². The Morgan fingerprint density at radius 1 is 1.18 bits per heavy atom. The zero-order valence-electron chi connectivity index (χ0n) is 20.0. The highest BCUT2D eigenvalue weighted by atomic mass is 16.5. The summed E-state index contributed by atoms with van der Waals surface area (Å²) in [4.78, 5) is 14.7. The van der Waals surface area contributed by atoms with Gasteiger partial charge in [-0.15, -0.1) is 0 Å². The van der Waals surface area contributed by atoms with Crippen molar-refractivity contribution in [2.24, 2.45) is 0 Å². The molecule has 1 aliphatic heterocycles. The molecular weight excluding hydrogens is 432 g/mol. The zero-order chi connectivity index (χ0) is 23.9. The van der Waals surface area contributed by atoms with Gasteiger partial charge in [-0.3, -0.25) is 0 Å². The molecule has 1 aliphatic rings. The summed E-state index contributed by atoms with van der Waals surface area (Å²) in [7, 11) is 1.63. The van der Waals surface area contributed by atoms with Crippen molar-refractivity contribution in [2.75, 3.05) is 26.8 Å². The Morgan fingerprint density at radius 2 is 1.91 bits per heavy atom. The van der Waals surface area contributed by atoms with Crippen LogP contribution in [0.25, 0.3) is 5.69 Å². The number of rotatable bonds is 9. The average Bonchev–Trinajstić information content (AvgIpc) is 3.48. The Bertz CT molecular complexity index is 1080. The lowest BCUT2D eigenvalue weighted by Crippen LogP contribution is -2.43. The van der Waals surface area contributed by atoms with Crippen molar-refractivity contribution in [3.63, 3.8) is 0 Å². The lowest BCUT2D eigenvalue weighted by molar-refractivity contribution is 0.0793. The van der Waals surface area contributed by atoms with E-state index in [0.717, 1.165) is 42.1 Å². The standard InChI is InChI=1S/C26H32N4O4/c1-4-27-26(31)29(17-23-11-8-16-33-23)18-24-19(2)28-30(20-9-6-5-7-10-20)25(24)34-22-14-12-21(32-3)13-15-22/h5-7,9-10,12-15,23H,4,8,11,16-18H2,1-3H3,(H,27,31)/t23-/m0/s1. The summed E-state index contributed by atoms with van der Waals surface area (Å²) in [5, 5.41) is 7.71. The van der Waals surface area contributed by atoms with Crippen LogP contribution in [0.5, 0.6) is 17.4 Å². The second kappa shape index (κ2) is 11.1. The topological polar surface area (TPSA) is 77.9 Å². The number of carbonyl (C=O) groups excluding carboxylic acids is 1. The Kier molecular flexibility index (Phi) is 7.69. The quantitative estimate of drug-likeness (QED) is 0.497. The van der Waals surface area contributed by atoms with E-state index in [2.05, 4.69) is 5.32 Å². The molecule has 0 saturated carbocycles. The second-order valence-electron chi connectivity index (χ2n) is 8.25. The van der Waals surface area contributed by atoms with Crippen molar-refractivity contribution in [2.45, 2.75) is 39.3 Å². The third-order valence-corrected chi connectivity index (χ3v) is 5.82. The van der Waals surface area contributed by atoms with Gasteiger partial charge in [0, 0.05) is 19.7 Å². The lowest BCUT2D eigenvalue weighted by atomic mass is 10.2. The van der Waals surface area contributed by atoms with E-state index in [1.807, 2.05) is 68.4 Å². The molecule has 1 atom stereocenters. The summed E-state index contributed by atoms with van der Waals surface area (Å²) in [6.07, 6.45) is 2.01. The van der Waals surface area contributed by atoms with Crippen LogP contribution in [0.15, 0.2) is 54.6 Å². The molecule has 8 nitrogen and oxygen atoms in total. The fourth-order valence-electron chi connectivity index (χ4n) is 4.03. The molecule has 8 heteroatoms. The molecule has 2 amide bonds. The number of urea groups is 1. The predicted molar refractivity (Wildman–Crippen MR) is 130 cm³/mol. The number of aryl methyl sites for hydroxylation is 1. The van der Waals surface area contributed by atoms with Gasteiger partial charge in [-0.05, 0) is 63.1 Å². The molecule has 0 bridgehead atoms. The molecule has 0 unspecified atom stereocenters. The van der Waals surface area contributed by atoms with Gasteiger partial charge in [0.25, 0.3) is 0 Å². The number of nitrogens with zero attached hydrogens (tertiary/aromatic N) is 3. The first-order chi connectivity index (χ1) is 16.6. The van der Waals surface area contributed by atoms with E-state index in [9.17, 15) is 4.79 Å². The Hall–Kier alpha value is -3.52. The van der Waals surface area contributed by atoms with Crippen LogP contribution in [-0.2, 0) is 11.3 Å². The van der Waals surface area contributed by atoms with Gasteiger partial charge in [-0.2, -0.15) is 5.10 Å². The van der Waals surface area contributed by atoms with Crippen molar-refractivity contribution in [3.05, 3.63) is 65.9 Å². The molecular formula is C26H32N4O4. The van der Waals surface area contributed by atoms with E-state index in [4.69, 9.17) is 19.3 Å². The van der Waals surface area contributed by atoms with E-state index in [1.165, 1.54) is 0 Å². The van der Waals surface area contributed by atoms with Crippen molar-refractivity contribution >= 4 is 6.03 Å². The number of hydrogen-bond donors (Lipinski definition) is 1. The number of hydrogen-bond acceptors (Lipinski definition) is 5. The summed E-state index contributed by atoms with van der Waals surface area (Å²) < 4.78 is 19.3. The van der Waals surface area contributed by atoms with Crippen LogP contribution in [-0.4, -0.2) is 53.6 Å². The van der Waals surface area contributed by atoms with Gasteiger partial charge in [-0.1, -0.05) is 18.2 Å². The molecule has 0 aliphatic carbocycles. The molecule has 34 heavy (non-hydrogen) atoms. The molecule has 1 aromatic heterocycles. The number of amides is 2. The van der Waals surface area contributed by atoms with Gasteiger partial charge in [0.1, 0.15) is 11.5 Å². The van der Waals surface area contributed by atoms with Gasteiger partial charge >= 0.3 is 6.03 Å². The van der Waals surface area contributed by atoms with Gasteiger partial charge in [0.05, 0.1) is 36.7 Å². The monoisotopic (exact) mass is 464 g/mol. The third-order valence-electron chi connectivity index (χ3n) is 5.82. The first-order valence-corrected chi connectivity index (χ1v) is 11.7. The smallest absolute Gasteiger partial charge is 0.317 e. The molecule has 1 fully saturated rings. The fraction of sp³-hybridized carbons (Fsp3) is 0.385. The lowest BCUT2D eigenvalue weighted by Gasteiger charge is -2.26. The number of para-hydroxylation sites is 1. The number of nitrogens with one attached hydrogen (secondary N) is 1. The largest absolute Gasteiger partial charge is 0.497 e. The maximum Gasteiger partial charge on any atom is 0.317 e. The predicted octanol–water partition coefficient (Wildman–Crippen LogP) is 4.69. The first kappa shape index (κ1) is 23.6. The fourth-order valence-corrected chi connectivity index (χ4v) is 4.03. The number of ether oxygens (including phenoxy) is 3. The molecule has 1 N–H and O–H groups in total. The average molecular weight is 465 g/mol. The molecule has 1 saturated heterocycles. The van der Waals surface area contributed by atoms with Crippen LogP contribution >= 0.6 is 0 Å². The molecule has 0 radical (unpaired) electrons. The van der Waals surface area contributed by atoms with Gasteiger partial charge in [0.2, 0.25) is 5.88 Å². The highest BCUT2D eigenvalue weighted by Crippen LogP contribution is 2.32. The molecule has 3 aromatic rings. The van der Waals surface area contributed by atoms with Crippen LogP contribution in [0, 0.1) is 6.92 Å². The minimum atomic E-state index is -0.125. The molecule has 4 rings (SSSR count). The summed E-state index contributed by atoms with van der Waals surface area (Å²) in [6, 6.07) is 17.1. The number of carbonyl (C=O) groups is 1. The first-order valence-electron chi connectivity index (χ1n) is 11.7. The molecule has 180 valence electrons. The van der Waals surface area contributed by atoms with E-state index in [0.29, 0.717) is 31.3 Å². The summed E-state index contributed by atoms with van der Waals surface area (Å²) in [5.74, 6) is 1.98. The summed E-state index contributed by atoms with van der Waals surface area (Å²) in [6.45, 7) is 6.03. The highest BCUT2D eigenvalue weighted by Gasteiger charge is 2.27. The number of aromatic nitrogens is 2. The Labute approximate surface area is 200 Å². The minimum absolute atomic E-state index is 0.0398. The van der Waals surface area contributed by atoms with E-state index < -0.39 is 0 Å². The van der Waals surface area contributed by atoms with Crippen LogP contribution < -0.4 is 14.8 Å². The summed E-state index contributed by atoms with van der Waals surface area (Å²) >= 11 is 0. The van der Waals surface area contributed by atoms with Crippen LogP contribution in [0.4, 0.5) is 4.79 Å². The normalized spacial score (nSPS) is 15.2. The molecule has 2 heterocycles. The highest BCUT2D eigenvalue weighted by molar-refractivity contribution is 5.74. The summed E-state index contributed by atoms with van der Waals surface area (Å²) in [5.41, 5.74) is 2.53. The van der Waals surface area contributed by atoms with Crippen molar-refractivity contribution in [1.29, 1.82) is 0 Å². The second-order valence-corrected chi connectivity index (χ2v) is 8.25. The number of benzene rings is 2. The van der Waals surface area contributed by atoms with Gasteiger partial charge in [-0.25, -0.2) is 9.48 Å². The van der Waals surface area contributed by atoms with E-state index in [-0.39, 0.29) is 12.1 Å². The Morgan fingerprint density at radius 3 is 2.56 bits per heavy atom. The maximum absolute atomic E-state index is 12.9. The van der Waals surface area contributed by atoms with E-state index in [1.54, 1.807) is 16.7 Å². The van der Waals surface area contributed by atoms with Gasteiger partial charge in [0.15, 0.2) is 0 Å². The van der Waals surface area contributed by atoms with Gasteiger partial charge < -0.3 is 24.4 Å². The maximum atomic E-state index is 12.9. The zero-order valence-corrected chi connectivity index (χ0v) is 20.0.